The Morgan fingerprint density at radius 1 is 1.09 bits per heavy atom. The largest absolute Gasteiger partial charge is 0.369 e. The summed E-state index contributed by atoms with van der Waals surface area (Å²) in [5.41, 5.74) is 8.82. The molecule has 0 amide bonds. The number of hydrogen-bond acceptors (Lipinski definition) is 3. The summed E-state index contributed by atoms with van der Waals surface area (Å²) < 4.78 is 0. The number of anilines is 1. The highest BCUT2D eigenvalue weighted by Crippen LogP contribution is 2.24. The number of benzene rings is 2. The number of nitrogen functional groups attached to an aromatic ring is 1. The van der Waals surface area contributed by atoms with Gasteiger partial charge < -0.3 is 10.7 Å². The summed E-state index contributed by atoms with van der Waals surface area (Å²) in [5.74, 6) is 0.362. The first-order valence-corrected chi connectivity index (χ1v) is 7.66. The van der Waals surface area contributed by atoms with Crippen LogP contribution >= 0.6 is 23.2 Å². The third kappa shape index (κ3) is 3.55. The van der Waals surface area contributed by atoms with Crippen molar-refractivity contribution in [3.8, 4) is 11.3 Å². The van der Waals surface area contributed by atoms with Crippen LogP contribution in [0.25, 0.3) is 11.3 Å². The number of imidazole rings is 1. The number of ketones is 1. The molecule has 0 aliphatic rings. The highest BCUT2D eigenvalue weighted by atomic mass is 35.5. The molecule has 6 heteroatoms. The number of nitrogens with zero attached hydrogens (tertiary/aromatic N) is 1. The van der Waals surface area contributed by atoms with Crippen molar-refractivity contribution in [3.63, 3.8) is 0 Å². The number of Topliss-reactive ketones (excluding diaryl/α,β-unsaturated/α-hetero) is 1. The molecule has 116 valence electrons. The molecule has 3 N–H and O–H groups in total. The van der Waals surface area contributed by atoms with E-state index in [1.165, 1.54) is 0 Å². The fourth-order valence-electron chi connectivity index (χ4n) is 2.24. The van der Waals surface area contributed by atoms with Gasteiger partial charge in [0, 0.05) is 12.0 Å². The van der Waals surface area contributed by atoms with Crippen LogP contribution < -0.4 is 5.73 Å². The zero-order valence-electron chi connectivity index (χ0n) is 12.0. The van der Waals surface area contributed by atoms with Crippen LogP contribution in [0.15, 0.2) is 48.7 Å². The molecule has 1 aromatic heterocycles. The fraction of sp³-hybridized carbons (Fsp3) is 0.0588. The molecule has 0 saturated carbocycles. The Kier molecular flexibility index (Phi) is 4.37. The van der Waals surface area contributed by atoms with E-state index < -0.39 is 0 Å². The molecule has 0 aliphatic carbocycles. The van der Waals surface area contributed by atoms with Crippen molar-refractivity contribution in [1.29, 1.82) is 0 Å². The Balaban J connectivity index is 1.75. The van der Waals surface area contributed by atoms with Gasteiger partial charge in [0.1, 0.15) is 0 Å². The van der Waals surface area contributed by atoms with Crippen LogP contribution in [-0.2, 0) is 6.42 Å². The smallest absolute Gasteiger partial charge is 0.197 e. The van der Waals surface area contributed by atoms with E-state index in [1.54, 1.807) is 24.4 Å². The lowest BCUT2D eigenvalue weighted by Gasteiger charge is -2.04. The second-order valence-electron chi connectivity index (χ2n) is 5.11. The van der Waals surface area contributed by atoms with Crippen molar-refractivity contribution < 1.29 is 4.79 Å². The number of carbonyl (C=O) groups excluding carboxylic acids is 1. The minimum Gasteiger partial charge on any atom is -0.369 e. The quantitative estimate of drug-likeness (QED) is 0.688. The summed E-state index contributed by atoms with van der Waals surface area (Å²) in [4.78, 5) is 19.2. The molecule has 0 fully saturated rings. The van der Waals surface area contributed by atoms with Crippen molar-refractivity contribution in [1.82, 2.24) is 9.97 Å². The number of aromatic amines is 1. The average Bonchev–Trinajstić information content (AvgIpc) is 2.97. The lowest BCUT2D eigenvalue weighted by Crippen LogP contribution is -2.03. The first-order chi connectivity index (χ1) is 11.0. The van der Waals surface area contributed by atoms with Gasteiger partial charge in [0.2, 0.25) is 0 Å². The van der Waals surface area contributed by atoms with E-state index in [0.29, 0.717) is 28.0 Å². The van der Waals surface area contributed by atoms with Crippen LogP contribution in [0.4, 0.5) is 5.95 Å². The first kappa shape index (κ1) is 15.6. The molecule has 4 nitrogen and oxygen atoms in total. The molecule has 0 bridgehead atoms. The number of nitrogens with one attached hydrogen (secondary N) is 1. The van der Waals surface area contributed by atoms with Gasteiger partial charge in [-0.15, -0.1) is 0 Å². The van der Waals surface area contributed by atoms with E-state index in [0.717, 1.165) is 16.8 Å². The van der Waals surface area contributed by atoms with E-state index in [1.807, 2.05) is 24.3 Å². The van der Waals surface area contributed by atoms with Gasteiger partial charge in [-0.05, 0) is 29.3 Å². The number of nitrogens with two attached hydrogens (primary N) is 1. The lowest BCUT2D eigenvalue weighted by molar-refractivity contribution is 0.0993. The summed E-state index contributed by atoms with van der Waals surface area (Å²) in [6.45, 7) is 0. The van der Waals surface area contributed by atoms with Crippen LogP contribution in [0, 0.1) is 0 Å². The predicted octanol–water partition coefficient (Wildman–Crippen LogP) is 4.39. The molecule has 0 spiro atoms. The van der Waals surface area contributed by atoms with Gasteiger partial charge in [-0.1, -0.05) is 47.5 Å². The maximum Gasteiger partial charge on any atom is 0.197 e. The van der Waals surface area contributed by atoms with E-state index in [9.17, 15) is 4.79 Å². The van der Waals surface area contributed by atoms with Crippen molar-refractivity contribution >= 4 is 34.9 Å². The summed E-state index contributed by atoms with van der Waals surface area (Å²) in [6.07, 6.45) is 1.97. The Bertz CT molecular complexity index is 857. The average molecular weight is 346 g/mol. The number of hydrogen-bond donors (Lipinski definition) is 2. The molecule has 0 radical (unpaired) electrons. The fourth-order valence-corrected chi connectivity index (χ4v) is 2.54. The minimum atomic E-state index is -0.0119. The molecule has 0 unspecified atom stereocenters. The van der Waals surface area contributed by atoms with Gasteiger partial charge in [0.15, 0.2) is 11.7 Å². The topological polar surface area (TPSA) is 71.8 Å². The third-order valence-corrected chi connectivity index (χ3v) is 4.21. The molecule has 0 aliphatic heterocycles. The van der Waals surface area contributed by atoms with Crippen LogP contribution in [0.2, 0.25) is 10.0 Å². The summed E-state index contributed by atoms with van der Waals surface area (Å²) in [5, 5.41) is 0.816. The summed E-state index contributed by atoms with van der Waals surface area (Å²) in [7, 11) is 0. The second kappa shape index (κ2) is 6.44. The Hall–Kier alpha value is -2.30. The number of carbonyl (C=O) groups is 1. The normalized spacial score (nSPS) is 10.7. The Labute approximate surface area is 143 Å². The van der Waals surface area contributed by atoms with E-state index in [4.69, 9.17) is 28.9 Å². The zero-order chi connectivity index (χ0) is 16.4. The Morgan fingerprint density at radius 3 is 2.43 bits per heavy atom. The van der Waals surface area contributed by atoms with Gasteiger partial charge >= 0.3 is 0 Å². The monoisotopic (exact) mass is 345 g/mol. The van der Waals surface area contributed by atoms with E-state index >= 15 is 0 Å². The van der Waals surface area contributed by atoms with Crippen molar-refractivity contribution in [2.45, 2.75) is 6.42 Å². The zero-order valence-corrected chi connectivity index (χ0v) is 13.5. The Morgan fingerprint density at radius 2 is 1.83 bits per heavy atom. The minimum absolute atomic E-state index is 0.0119. The van der Waals surface area contributed by atoms with E-state index in [2.05, 4.69) is 9.97 Å². The lowest BCUT2D eigenvalue weighted by atomic mass is 10.0. The predicted molar refractivity (Wildman–Crippen MR) is 92.9 cm³/mol. The standard InChI is InChI=1S/C17H13Cl2N3O/c18-13-6-5-12(8-14(13)19)16(23)7-10-1-3-11(4-2-10)15-9-21-17(20)22-15/h1-6,8-9H,7H2,(H3,20,21,22). The molecule has 3 aromatic rings. The van der Waals surface area contributed by atoms with Crippen molar-refractivity contribution in [3.05, 3.63) is 69.8 Å². The van der Waals surface area contributed by atoms with Crippen molar-refractivity contribution in [2.24, 2.45) is 0 Å². The van der Waals surface area contributed by atoms with Gasteiger partial charge in [-0.3, -0.25) is 4.79 Å². The molecule has 0 atom stereocenters. The highest BCUT2D eigenvalue weighted by Gasteiger charge is 2.10. The third-order valence-electron chi connectivity index (χ3n) is 3.47. The molecule has 3 rings (SSSR count). The van der Waals surface area contributed by atoms with Gasteiger partial charge in [0.25, 0.3) is 0 Å². The van der Waals surface area contributed by atoms with Crippen LogP contribution in [0.3, 0.4) is 0 Å². The van der Waals surface area contributed by atoms with Crippen LogP contribution in [-0.4, -0.2) is 15.8 Å². The first-order valence-electron chi connectivity index (χ1n) is 6.91. The second-order valence-corrected chi connectivity index (χ2v) is 5.92. The van der Waals surface area contributed by atoms with Gasteiger partial charge in [-0.25, -0.2) is 4.98 Å². The summed E-state index contributed by atoms with van der Waals surface area (Å²) >= 11 is 11.8. The summed E-state index contributed by atoms with van der Waals surface area (Å²) in [6, 6.07) is 12.5. The molecular formula is C17H13Cl2N3O. The number of aromatic nitrogens is 2. The highest BCUT2D eigenvalue weighted by molar-refractivity contribution is 6.42. The molecule has 1 heterocycles. The SMILES string of the molecule is Nc1ncc(-c2ccc(CC(=O)c3ccc(Cl)c(Cl)c3)cc2)[nH]1. The van der Waals surface area contributed by atoms with E-state index in [-0.39, 0.29) is 5.78 Å². The maximum atomic E-state index is 12.3. The molecule has 0 saturated heterocycles. The van der Waals surface area contributed by atoms with Gasteiger partial charge in [0.05, 0.1) is 21.9 Å². The van der Waals surface area contributed by atoms with Crippen molar-refractivity contribution in [2.75, 3.05) is 5.73 Å². The van der Waals surface area contributed by atoms with Crippen LogP contribution in [0.5, 0.6) is 0 Å². The molecule has 2 aromatic carbocycles. The van der Waals surface area contributed by atoms with Gasteiger partial charge in [-0.2, -0.15) is 0 Å². The molecular weight excluding hydrogens is 333 g/mol. The number of H-pyrrole nitrogens is 1. The number of halogens is 2. The van der Waals surface area contributed by atoms with Crippen LogP contribution in [0.1, 0.15) is 15.9 Å². The maximum absolute atomic E-state index is 12.3. The number of rotatable bonds is 4. The molecule has 23 heavy (non-hydrogen) atoms.